The van der Waals surface area contributed by atoms with E-state index in [0.717, 1.165) is 12.8 Å². The van der Waals surface area contributed by atoms with E-state index in [1.54, 1.807) is 7.11 Å². The molecule has 1 rings (SSSR count). The lowest BCUT2D eigenvalue weighted by Gasteiger charge is -2.12. The number of carbonyl (C=O) groups is 1. The molecule has 80 valence electrons. The number of rotatable bonds is 6. The molecule has 4 nitrogen and oxygen atoms in total. The maximum atomic E-state index is 11.3. The normalized spacial score (nSPS) is 16.1. The van der Waals surface area contributed by atoms with Crippen LogP contribution in [0.15, 0.2) is 12.2 Å². The van der Waals surface area contributed by atoms with Crippen LogP contribution >= 0.6 is 0 Å². The summed E-state index contributed by atoms with van der Waals surface area (Å²) >= 11 is 0. The van der Waals surface area contributed by atoms with E-state index in [9.17, 15) is 4.79 Å². The first-order valence-corrected chi connectivity index (χ1v) is 4.97. The Balaban J connectivity index is 1.98. The number of carbonyl (C=O) groups excluding carboxylic acids is 1. The minimum Gasteiger partial charge on any atom is -0.383 e. The van der Waals surface area contributed by atoms with Crippen molar-refractivity contribution in [1.82, 2.24) is 10.6 Å². The SMILES string of the molecule is COCCNCC(=O)NC1CC=CC1. The molecule has 0 spiro atoms. The second kappa shape index (κ2) is 6.56. The monoisotopic (exact) mass is 198 g/mol. The summed E-state index contributed by atoms with van der Waals surface area (Å²) < 4.78 is 4.85. The third kappa shape index (κ3) is 4.39. The molecule has 0 radical (unpaired) electrons. The van der Waals surface area contributed by atoms with E-state index < -0.39 is 0 Å². The first-order chi connectivity index (χ1) is 6.83. The van der Waals surface area contributed by atoms with Gasteiger partial charge in [0, 0.05) is 19.7 Å². The first kappa shape index (κ1) is 11.2. The van der Waals surface area contributed by atoms with Gasteiger partial charge in [0.25, 0.3) is 0 Å². The van der Waals surface area contributed by atoms with E-state index in [1.807, 2.05) is 0 Å². The smallest absolute Gasteiger partial charge is 0.234 e. The Morgan fingerprint density at radius 2 is 2.21 bits per heavy atom. The quantitative estimate of drug-likeness (QED) is 0.468. The van der Waals surface area contributed by atoms with Crippen molar-refractivity contribution in [3.05, 3.63) is 12.2 Å². The summed E-state index contributed by atoms with van der Waals surface area (Å²) in [6, 6.07) is 0.312. The van der Waals surface area contributed by atoms with Crippen molar-refractivity contribution >= 4 is 5.91 Å². The second-order valence-electron chi connectivity index (χ2n) is 3.38. The van der Waals surface area contributed by atoms with Gasteiger partial charge in [-0.1, -0.05) is 12.2 Å². The Morgan fingerprint density at radius 1 is 1.50 bits per heavy atom. The van der Waals surface area contributed by atoms with Crippen LogP contribution in [0.4, 0.5) is 0 Å². The van der Waals surface area contributed by atoms with Gasteiger partial charge in [-0.05, 0) is 12.8 Å². The number of hydrogen-bond acceptors (Lipinski definition) is 3. The fourth-order valence-electron chi connectivity index (χ4n) is 1.39. The maximum absolute atomic E-state index is 11.3. The predicted molar refractivity (Wildman–Crippen MR) is 55.1 cm³/mol. The van der Waals surface area contributed by atoms with Gasteiger partial charge in [0.15, 0.2) is 0 Å². The number of methoxy groups -OCH3 is 1. The largest absolute Gasteiger partial charge is 0.383 e. The van der Waals surface area contributed by atoms with Crippen molar-refractivity contribution in [3.63, 3.8) is 0 Å². The van der Waals surface area contributed by atoms with Crippen LogP contribution in [0.2, 0.25) is 0 Å². The third-order valence-corrected chi connectivity index (χ3v) is 2.14. The van der Waals surface area contributed by atoms with Crippen molar-refractivity contribution in [2.24, 2.45) is 0 Å². The molecule has 0 aliphatic heterocycles. The molecule has 0 aromatic rings. The first-order valence-electron chi connectivity index (χ1n) is 4.97. The van der Waals surface area contributed by atoms with Crippen molar-refractivity contribution in [2.45, 2.75) is 18.9 Å². The van der Waals surface area contributed by atoms with Gasteiger partial charge in [-0.15, -0.1) is 0 Å². The summed E-state index contributed by atoms with van der Waals surface area (Å²) in [6.45, 7) is 1.73. The average molecular weight is 198 g/mol. The highest BCUT2D eigenvalue weighted by Gasteiger charge is 2.12. The molecule has 1 amide bonds. The lowest BCUT2D eigenvalue weighted by atomic mass is 10.2. The van der Waals surface area contributed by atoms with E-state index in [2.05, 4.69) is 22.8 Å². The number of amides is 1. The van der Waals surface area contributed by atoms with Gasteiger partial charge in [-0.2, -0.15) is 0 Å². The van der Waals surface area contributed by atoms with Crippen LogP contribution in [0.25, 0.3) is 0 Å². The third-order valence-electron chi connectivity index (χ3n) is 2.14. The zero-order valence-electron chi connectivity index (χ0n) is 8.58. The van der Waals surface area contributed by atoms with Crippen LogP contribution in [0, 0.1) is 0 Å². The van der Waals surface area contributed by atoms with Gasteiger partial charge in [-0.25, -0.2) is 0 Å². The zero-order valence-corrected chi connectivity index (χ0v) is 8.58. The molecule has 0 unspecified atom stereocenters. The summed E-state index contributed by atoms with van der Waals surface area (Å²) in [7, 11) is 1.64. The van der Waals surface area contributed by atoms with Crippen molar-refractivity contribution in [1.29, 1.82) is 0 Å². The maximum Gasteiger partial charge on any atom is 0.234 e. The molecule has 0 fully saturated rings. The van der Waals surface area contributed by atoms with E-state index in [1.165, 1.54) is 0 Å². The summed E-state index contributed by atoms with van der Waals surface area (Å²) in [4.78, 5) is 11.3. The number of ether oxygens (including phenoxy) is 1. The minimum atomic E-state index is 0.0646. The lowest BCUT2D eigenvalue weighted by molar-refractivity contribution is -0.120. The Kier molecular flexibility index (Phi) is 5.25. The van der Waals surface area contributed by atoms with Gasteiger partial charge in [0.05, 0.1) is 13.2 Å². The van der Waals surface area contributed by atoms with Gasteiger partial charge in [-0.3, -0.25) is 4.79 Å². The Morgan fingerprint density at radius 3 is 2.86 bits per heavy atom. The second-order valence-corrected chi connectivity index (χ2v) is 3.38. The van der Waals surface area contributed by atoms with Crippen LogP contribution in [0.5, 0.6) is 0 Å². The molecule has 4 heteroatoms. The van der Waals surface area contributed by atoms with E-state index in [4.69, 9.17) is 4.74 Å². The molecule has 0 bridgehead atoms. The van der Waals surface area contributed by atoms with Crippen LogP contribution in [-0.4, -0.2) is 38.8 Å². The molecular weight excluding hydrogens is 180 g/mol. The molecule has 0 atom stereocenters. The van der Waals surface area contributed by atoms with Gasteiger partial charge < -0.3 is 15.4 Å². The van der Waals surface area contributed by atoms with Crippen molar-refractivity contribution in [3.8, 4) is 0 Å². The summed E-state index contributed by atoms with van der Waals surface area (Å²) in [5.41, 5.74) is 0. The van der Waals surface area contributed by atoms with Crippen molar-refractivity contribution in [2.75, 3.05) is 26.8 Å². The fraction of sp³-hybridized carbons (Fsp3) is 0.700. The van der Waals surface area contributed by atoms with Crippen LogP contribution in [-0.2, 0) is 9.53 Å². The highest BCUT2D eigenvalue weighted by atomic mass is 16.5. The molecule has 0 aromatic heterocycles. The highest BCUT2D eigenvalue weighted by molar-refractivity contribution is 5.78. The standard InChI is InChI=1S/C10H18N2O2/c1-14-7-6-11-8-10(13)12-9-4-2-3-5-9/h2-3,9,11H,4-8H2,1H3,(H,12,13). The molecule has 0 aromatic carbocycles. The zero-order chi connectivity index (χ0) is 10.2. The predicted octanol–water partition coefficient (Wildman–Crippen LogP) is 0.0572. The van der Waals surface area contributed by atoms with Gasteiger partial charge in [0.2, 0.25) is 5.91 Å². The molecule has 0 heterocycles. The molecule has 1 aliphatic carbocycles. The minimum absolute atomic E-state index is 0.0646. The van der Waals surface area contributed by atoms with E-state index in [-0.39, 0.29) is 5.91 Å². The topological polar surface area (TPSA) is 50.4 Å². The highest BCUT2D eigenvalue weighted by Crippen LogP contribution is 2.08. The molecule has 1 aliphatic rings. The van der Waals surface area contributed by atoms with Gasteiger partial charge in [0.1, 0.15) is 0 Å². The van der Waals surface area contributed by atoms with Gasteiger partial charge >= 0.3 is 0 Å². The lowest BCUT2D eigenvalue weighted by Crippen LogP contribution is -2.40. The number of nitrogens with one attached hydrogen (secondary N) is 2. The fourth-order valence-corrected chi connectivity index (χ4v) is 1.39. The summed E-state index contributed by atoms with van der Waals surface area (Å²) in [5.74, 6) is 0.0646. The van der Waals surface area contributed by atoms with Crippen LogP contribution in [0.3, 0.4) is 0 Å². The molecular formula is C10H18N2O2. The summed E-state index contributed by atoms with van der Waals surface area (Å²) in [5, 5.41) is 5.95. The van der Waals surface area contributed by atoms with Crippen LogP contribution in [0.1, 0.15) is 12.8 Å². The Labute approximate surface area is 84.7 Å². The molecule has 2 N–H and O–H groups in total. The Hall–Kier alpha value is -0.870. The van der Waals surface area contributed by atoms with E-state index >= 15 is 0 Å². The number of hydrogen-bond donors (Lipinski definition) is 2. The van der Waals surface area contributed by atoms with Crippen molar-refractivity contribution < 1.29 is 9.53 Å². The Bertz CT molecular complexity index is 196. The average Bonchev–Trinajstić information content (AvgIpc) is 2.65. The molecule has 0 saturated heterocycles. The van der Waals surface area contributed by atoms with E-state index in [0.29, 0.717) is 25.7 Å². The molecule has 0 saturated carbocycles. The van der Waals surface area contributed by atoms with Crippen LogP contribution < -0.4 is 10.6 Å². The summed E-state index contributed by atoms with van der Waals surface area (Å²) in [6.07, 6.45) is 6.13. The molecule has 14 heavy (non-hydrogen) atoms.